The van der Waals surface area contributed by atoms with E-state index in [1.54, 1.807) is 0 Å². The summed E-state index contributed by atoms with van der Waals surface area (Å²) < 4.78 is 0. The molecule has 2 atom stereocenters. The summed E-state index contributed by atoms with van der Waals surface area (Å²) in [5.74, 6) is 1.74. The van der Waals surface area contributed by atoms with Crippen LogP contribution >= 0.6 is 0 Å². The highest BCUT2D eigenvalue weighted by molar-refractivity contribution is 4.82. The fourth-order valence-corrected chi connectivity index (χ4v) is 2.96. The first-order chi connectivity index (χ1) is 6.01. The minimum atomic E-state index is 0.581. The van der Waals surface area contributed by atoms with Crippen molar-refractivity contribution in [3.63, 3.8) is 0 Å². The Kier molecular flexibility index (Phi) is 5.67. The molecule has 0 aliphatic carbocycles. The van der Waals surface area contributed by atoms with Crippen molar-refractivity contribution in [2.45, 2.75) is 67.2 Å². The Morgan fingerprint density at radius 3 is 1.85 bits per heavy atom. The van der Waals surface area contributed by atoms with Crippen LogP contribution in [0.3, 0.4) is 0 Å². The van der Waals surface area contributed by atoms with Crippen molar-refractivity contribution in [1.29, 1.82) is 0 Å². The largest absolute Gasteiger partial charge is 0.0654 e. The SMILES string of the molecule is CCCC(C)(CC)C(CC)C(C)C. The van der Waals surface area contributed by atoms with E-state index in [9.17, 15) is 0 Å². The number of rotatable bonds is 6. The molecule has 0 heterocycles. The van der Waals surface area contributed by atoms with E-state index in [1.807, 2.05) is 0 Å². The summed E-state index contributed by atoms with van der Waals surface area (Å²) in [7, 11) is 0. The molecule has 0 nitrogen and oxygen atoms in total. The van der Waals surface area contributed by atoms with Gasteiger partial charge in [-0.3, -0.25) is 0 Å². The lowest BCUT2D eigenvalue weighted by Gasteiger charge is -2.39. The van der Waals surface area contributed by atoms with Gasteiger partial charge in [-0.15, -0.1) is 0 Å². The number of hydrogen-bond acceptors (Lipinski definition) is 0. The summed E-state index contributed by atoms with van der Waals surface area (Å²) in [6, 6.07) is 0. The third-order valence-corrected chi connectivity index (χ3v) is 3.77. The van der Waals surface area contributed by atoms with Gasteiger partial charge in [-0.2, -0.15) is 0 Å². The molecular formula is C13H28. The van der Waals surface area contributed by atoms with Crippen molar-refractivity contribution >= 4 is 0 Å². The molecule has 0 aliphatic rings. The topological polar surface area (TPSA) is 0 Å². The monoisotopic (exact) mass is 184 g/mol. The van der Waals surface area contributed by atoms with E-state index in [0.29, 0.717) is 5.41 Å². The van der Waals surface area contributed by atoms with Gasteiger partial charge in [0, 0.05) is 0 Å². The lowest BCUT2D eigenvalue weighted by molar-refractivity contribution is 0.110. The molecule has 0 saturated carbocycles. The molecule has 0 bridgehead atoms. The van der Waals surface area contributed by atoms with Crippen LogP contribution in [0.1, 0.15) is 67.2 Å². The normalized spacial score (nSPS) is 18.7. The lowest BCUT2D eigenvalue weighted by Crippen LogP contribution is -2.30. The molecule has 0 fully saturated rings. The van der Waals surface area contributed by atoms with Gasteiger partial charge in [-0.25, -0.2) is 0 Å². The molecule has 80 valence electrons. The van der Waals surface area contributed by atoms with Crippen molar-refractivity contribution in [2.24, 2.45) is 17.3 Å². The Bertz CT molecular complexity index is 126. The Hall–Kier alpha value is 0. The minimum absolute atomic E-state index is 0.581. The van der Waals surface area contributed by atoms with Gasteiger partial charge in [-0.05, 0) is 23.7 Å². The van der Waals surface area contributed by atoms with Crippen LogP contribution in [0.15, 0.2) is 0 Å². The smallest absolute Gasteiger partial charge is 0.0298 e. The standard InChI is InChI=1S/C13H28/c1-7-10-13(6,9-3)12(8-2)11(4)5/h11-12H,7-10H2,1-6H3. The molecule has 0 aromatic rings. The van der Waals surface area contributed by atoms with Gasteiger partial charge in [0.15, 0.2) is 0 Å². The Morgan fingerprint density at radius 1 is 1.08 bits per heavy atom. The Morgan fingerprint density at radius 2 is 1.62 bits per heavy atom. The van der Waals surface area contributed by atoms with Crippen LogP contribution in [0.25, 0.3) is 0 Å². The summed E-state index contributed by atoms with van der Waals surface area (Å²) in [4.78, 5) is 0. The van der Waals surface area contributed by atoms with Crippen LogP contribution in [-0.2, 0) is 0 Å². The highest BCUT2D eigenvalue weighted by Crippen LogP contribution is 2.41. The average molecular weight is 184 g/mol. The molecule has 0 N–H and O–H groups in total. The molecule has 0 aromatic heterocycles. The van der Waals surface area contributed by atoms with Gasteiger partial charge in [0.05, 0.1) is 0 Å². The maximum atomic E-state index is 2.48. The fourth-order valence-electron chi connectivity index (χ4n) is 2.96. The Labute approximate surface area is 85.1 Å². The van der Waals surface area contributed by atoms with Crippen LogP contribution in [-0.4, -0.2) is 0 Å². The predicted octanol–water partition coefficient (Wildman–Crippen LogP) is 4.89. The molecule has 0 heteroatoms. The van der Waals surface area contributed by atoms with E-state index in [1.165, 1.54) is 25.7 Å². The first-order valence-corrected chi connectivity index (χ1v) is 6.01. The van der Waals surface area contributed by atoms with E-state index in [0.717, 1.165) is 11.8 Å². The summed E-state index contributed by atoms with van der Waals surface area (Å²) in [5, 5.41) is 0. The summed E-state index contributed by atoms with van der Waals surface area (Å²) in [5.41, 5.74) is 0.581. The summed E-state index contributed by atoms with van der Waals surface area (Å²) in [6.45, 7) is 14.2. The summed E-state index contributed by atoms with van der Waals surface area (Å²) in [6.07, 6.45) is 5.38. The zero-order chi connectivity index (χ0) is 10.5. The van der Waals surface area contributed by atoms with Crippen molar-refractivity contribution in [2.75, 3.05) is 0 Å². The van der Waals surface area contributed by atoms with Crippen LogP contribution in [0.2, 0.25) is 0 Å². The van der Waals surface area contributed by atoms with Gasteiger partial charge in [0.2, 0.25) is 0 Å². The first-order valence-electron chi connectivity index (χ1n) is 6.01. The lowest BCUT2D eigenvalue weighted by atomic mass is 9.66. The van der Waals surface area contributed by atoms with Crippen LogP contribution < -0.4 is 0 Å². The van der Waals surface area contributed by atoms with Gasteiger partial charge in [0.25, 0.3) is 0 Å². The third kappa shape index (κ3) is 3.32. The molecular weight excluding hydrogens is 156 g/mol. The predicted molar refractivity (Wildman–Crippen MR) is 61.9 cm³/mol. The van der Waals surface area contributed by atoms with E-state index < -0.39 is 0 Å². The van der Waals surface area contributed by atoms with Crippen molar-refractivity contribution in [3.8, 4) is 0 Å². The second kappa shape index (κ2) is 5.67. The molecule has 0 saturated heterocycles. The summed E-state index contributed by atoms with van der Waals surface area (Å²) >= 11 is 0. The van der Waals surface area contributed by atoms with Gasteiger partial charge >= 0.3 is 0 Å². The minimum Gasteiger partial charge on any atom is -0.0654 e. The molecule has 0 aliphatic heterocycles. The zero-order valence-corrected chi connectivity index (χ0v) is 10.5. The second-order valence-electron chi connectivity index (χ2n) is 5.02. The fraction of sp³-hybridized carbons (Fsp3) is 1.00. The molecule has 0 aromatic carbocycles. The molecule has 0 rings (SSSR count). The maximum absolute atomic E-state index is 2.48. The molecule has 13 heavy (non-hydrogen) atoms. The van der Waals surface area contributed by atoms with Gasteiger partial charge in [-0.1, -0.05) is 60.8 Å². The first kappa shape index (κ1) is 13.0. The number of hydrogen-bond donors (Lipinski definition) is 0. The molecule has 2 unspecified atom stereocenters. The van der Waals surface area contributed by atoms with Gasteiger partial charge < -0.3 is 0 Å². The zero-order valence-electron chi connectivity index (χ0n) is 10.5. The van der Waals surface area contributed by atoms with Crippen LogP contribution in [0.4, 0.5) is 0 Å². The molecule has 0 radical (unpaired) electrons. The van der Waals surface area contributed by atoms with E-state index in [-0.39, 0.29) is 0 Å². The quantitative estimate of drug-likeness (QED) is 0.551. The second-order valence-corrected chi connectivity index (χ2v) is 5.02. The van der Waals surface area contributed by atoms with Crippen molar-refractivity contribution in [1.82, 2.24) is 0 Å². The van der Waals surface area contributed by atoms with Crippen molar-refractivity contribution < 1.29 is 0 Å². The average Bonchev–Trinajstić information content (AvgIpc) is 2.05. The van der Waals surface area contributed by atoms with E-state index in [4.69, 9.17) is 0 Å². The van der Waals surface area contributed by atoms with Crippen LogP contribution in [0, 0.1) is 17.3 Å². The highest BCUT2D eigenvalue weighted by atomic mass is 14.4. The molecule has 0 amide bonds. The highest BCUT2D eigenvalue weighted by Gasteiger charge is 2.32. The molecule has 0 spiro atoms. The van der Waals surface area contributed by atoms with E-state index in [2.05, 4.69) is 41.5 Å². The maximum Gasteiger partial charge on any atom is -0.0298 e. The van der Waals surface area contributed by atoms with E-state index >= 15 is 0 Å². The van der Waals surface area contributed by atoms with Gasteiger partial charge in [0.1, 0.15) is 0 Å². The Balaban J connectivity index is 4.48. The van der Waals surface area contributed by atoms with Crippen LogP contribution in [0.5, 0.6) is 0 Å². The third-order valence-electron chi connectivity index (χ3n) is 3.77. The van der Waals surface area contributed by atoms with Crippen molar-refractivity contribution in [3.05, 3.63) is 0 Å².